The molecule has 0 aliphatic carbocycles. The fraction of sp³-hybridized carbons (Fsp3) is 0.250. The van der Waals surface area contributed by atoms with Crippen LogP contribution in [0.5, 0.6) is 0 Å². The molecule has 1 heterocycles. The third-order valence-corrected chi connectivity index (χ3v) is 3.35. The Morgan fingerprint density at radius 2 is 2.07 bits per heavy atom. The third kappa shape index (κ3) is 2.64. The van der Waals surface area contributed by atoms with Crippen LogP contribution in [0.4, 0.5) is 0 Å². The Hall–Kier alpha value is -1.19. The number of aromatic nitrogens is 1. The third-order valence-electron chi connectivity index (χ3n) is 2.41. The zero-order valence-corrected chi connectivity index (χ0v) is 9.28. The summed E-state index contributed by atoms with van der Waals surface area (Å²) in [7, 11) is 0. The molecule has 1 aromatic heterocycles. The van der Waals surface area contributed by atoms with Crippen LogP contribution in [0.2, 0.25) is 0 Å². The molecule has 2 nitrogen and oxygen atoms in total. The summed E-state index contributed by atoms with van der Waals surface area (Å²) >= 11 is 1.68. The predicted molar refractivity (Wildman–Crippen MR) is 64.1 cm³/mol. The van der Waals surface area contributed by atoms with Crippen molar-refractivity contribution in [2.45, 2.75) is 12.3 Å². The van der Waals surface area contributed by atoms with Crippen molar-refractivity contribution < 1.29 is 0 Å². The van der Waals surface area contributed by atoms with Crippen molar-refractivity contribution in [3.05, 3.63) is 52.5 Å². The molecule has 1 unspecified atom stereocenters. The lowest BCUT2D eigenvalue weighted by Crippen LogP contribution is -2.14. The zero-order chi connectivity index (χ0) is 10.5. The van der Waals surface area contributed by atoms with Gasteiger partial charge in [-0.3, -0.25) is 0 Å². The number of benzene rings is 1. The second kappa shape index (κ2) is 5.05. The second-order valence-electron chi connectivity index (χ2n) is 3.49. The Kier molecular flexibility index (Phi) is 3.48. The Bertz CT molecular complexity index is 383. The van der Waals surface area contributed by atoms with Gasteiger partial charge >= 0.3 is 0 Å². The number of rotatable bonds is 4. The van der Waals surface area contributed by atoms with Crippen LogP contribution in [-0.2, 0) is 6.42 Å². The van der Waals surface area contributed by atoms with Gasteiger partial charge in [0, 0.05) is 24.0 Å². The van der Waals surface area contributed by atoms with Crippen LogP contribution in [0.25, 0.3) is 0 Å². The van der Waals surface area contributed by atoms with E-state index in [2.05, 4.69) is 29.2 Å². The lowest BCUT2D eigenvalue weighted by atomic mass is 10.0. The second-order valence-corrected chi connectivity index (χ2v) is 4.42. The van der Waals surface area contributed by atoms with Crippen LogP contribution in [-0.4, -0.2) is 11.5 Å². The highest BCUT2D eigenvalue weighted by molar-refractivity contribution is 7.09. The summed E-state index contributed by atoms with van der Waals surface area (Å²) in [5.41, 5.74) is 7.10. The van der Waals surface area contributed by atoms with E-state index in [9.17, 15) is 0 Å². The average Bonchev–Trinajstić information content (AvgIpc) is 2.81. The zero-order valence-electron chi connectivity index (χ0n) is 8.47. The van der Waals surface area contributed by atoms with Gasteiger partial charge in [-0.25, -0.2) is 4.98 Å². The van der Waals surface area contributed by atoms with Gasteiger partial charge < -0.3 is 5.73 Å². The van der Waals surface area contributed by atoms with E-state index in [-0.39, 0.29) is 0 Å². The van der Waals surface area contributed by atoms with E-state index in [1.54, 1.807) is 11.3 Å². The minimum atomic E-state index is 0.354. The molecule has 0 spiro atoms. The Balaban J connectivity index is 2.10. The first-order chi connectivity index (χ1) is 7.40. The molecule has 0 radical (unpaired) electrons. The highest BCUT2D eigenvalue weighted by Gasteiger charge is 2.12. The maximum atomic E-state index is 5.78. The SMILES string of the molecule is NCC(Cc1ccccc1)c1nccs1. The largest absolute Gasteiger partial charge is 0.330 e. The molecule has 0 saturated heterocycles. The van der Waals surface area contributed by atoms with Gasteiger partial charge in [0.15, 0.2) is 0 Å². The Morgan fingerprint density at radius 3 is 2.67 bits per heavy atom. The summed E-state index contributed by atoms with van der Waals surface area (Å²) in [5.74, 6) is 0.354. The lowest BCUT2D eigenvalue weighted by Gasteiger charge is -2.11. The van der Waals surface area contributed by atoms with Crippen molar-refractivity contribution in [3.8, 4) is 0 Å². The maximum Gasteiger partial charge on any atom is 0.0971 e. The van der Waals surface area contributed by atoms with Gasteiger partial charge in [0.25, 0.3) is 0 Å². The van der Waals surface area contributed by atoms with E-state index in [0.29, 0.717) is 12.5 Å². The fourth-order valence-corrected chi connectivity index (χ4v) is 2.36. The topological polar surface area (TPSA) is 38.9 Å². The van der Waals surface area contributed by atoms with Crippen molar-refractivity contribution in [2.24, 2.45) is 5.73 Å². The van der Waals surface area contributed by atoms with Crippen molar-refractivity contribution >= 4 is 11.3 Å². The van der Waals surface area contributed by atoms with Gasteiger partial charge in [-0.15, -0.1) is 11.3 Å². The summed E-state index contributed by atoms with van der Waals surface area (Å²) in [4.78, 5) is 4.32. The predicted octanol–water partition coefficient (Wildman–Crippen LogP) is 2.43. The first-order valence-corrected chi connectivity index (χ1v) is 5.91. The van der Waals surface area contributed by atoms with Crippen LogP contribution in [0.15, 0.2) is 41.9 Å². The standard InChI is InChI=1S/C12H14N2S/c13-9-11(12-14-6-7-15-12)8-10-4-2-1-3-5-10/h1-7,11H,8-9,13H2. The lowest BCUT2D eigenvalue weighted by molar-refractivity contribution is 0.689. The van der Waals surface area contributed by atoms with Crippen molar-refractivity contribution in [1.29, 1.82) is 0 Å². The Morgan fingerprint density at radius 1 is 1.27 bits per heavy atom. The van der Waals surface area contributed by atoms with E-state index < -0.39 is 0 Å². The minimum absolute atomic E-state index is 0.354. The number of hydrogen-bond acceptors (Lipinski definition) is 3. The number of hydrogen-bond donors (Lipinski definition) is 1. The summed E-state index contributed by atoms with van der Waals surface area (Å²) in [6.07, 6.45) is 2.82. The summed E-state index contributed by atoms with van der Waals surface area (Å²) < 4.78 is 0. The first kappa shape index (κ1) is 10.3. The van der Waals surface area contributed by atoms with Gasteiger partial charge in [0.2, 0.25) is 0 Å². The molecular weight excluding hydrogens is 204 g/mol. The molecule has 2 aromatic rings. The number of nitrogens with zero attached hydrogens (tertiary/aromatic N) is 1. The van der Waals surface area contributed by atoms with Gasteiger partial charge in [-0.1, -0.05) is 30.3 Å². The van der Waals surface area contributed by atoms with Gasteiger partial charge in [0.05, 0.1) is 5.01 Å². The van der Waals surface area contributed by atoms with Gasteiger partial charge in [0.1, 0.15) is 0 Å². The molecule has 1 aromatic carbocycles. The molecule has 0 fully saturated rings. The van der Waals surface area contributed by atoms with Crippen LogP contribution in [0, 0.1) is 0 Å². The molecular formula is C12H14N2S. The fourth-order valence-electron chi connectivity index (χ4n) is 1.61. The van der Waals surface area contributed by atoms with Crippen LogP contribution >= 0.6 is 11.3 Å². The maximum absolute atomic E-state index is 5.78. The monoisotopic (exact) mass is 218 g/mol. The average molecular weight is 218 g/mol. The molecule has 0 aliphatic heterocycles. The normalized spacial score (nSPS) is 12.6. The van der Waals surface area contributed by atoms with E-state index >= 15 is 0 Å². The van der Waals surface area contributed by atoms with Crippen molar-refractivity contribution in [1.82, 2.24) is 4.98 Å². The summed E-state index contributed by atoms with van der Waals surface area (Å²) in [5, 5.41) is 3.14. The van der Waals surface area contributed by atoms with E-state index in [4.69, 9.17) is 5.73 Å². The molecule has 2 N–H and O–H groups in total. The number of nitrogens with two attached hydrogens (primary N) is 1. The molecule has 0 bridgehead atoms. The first-order valence-electron chi connectivity index (χ1n) is 5.03. The summed E-state index contributed by atoms with van der Waals surface area (Å²) in [6, 6.07) is 10.4. The van der Waals surface area contributed by atoms with Gasteiger partial charge in [-0.2, -0.15) is 0 Å². The van der Waals surface area contributed by atoms with Crippen LogP contribution < -0.4 is 5.73 Å². The highest BCUT2D eigenvalue weighted by atomic mass is 32.1. The minimum Gasteiger partial charge on any atom is -0.330 e. The summed E-state index contributed by atoms with van der Waals surface area (Å²) in [6.45, 7) is 0.655. The van der Waals surface area contributed by atoms with Gasteiger partial charge in [-0.05, 0) is 12.0 Å². The van der Waals surface area contributed by atoms with Crippen LogP contribution in [0.1, 0.15) is 16.5 Å². The molecule has 0 saturated carbocycles. The molecule has 3 heteroatoms. The molecule has 2 rings (SSSR count). The smallest absolute Gasteiger partial charge is 0.0971 e. The van der Waals surface area contributed by atoms with E-state index in [1.807, 2.05) is 17.6 Å². The van der Waals surface area contributed by atoms with Crippen LogP contribution in [0.3, 0.4) is 0 Å². The van der Waals surface area contributed by atoms with Crippen molar-refractivity contribution in [2.75, 3.05) is 6.54 Å². The molecule has 0 amide bonds. The molecule has 1 atom stereocenters. The van der Waals surface area contributed by atoms with Crippen molar-refractivity contribution in [3.63, 3.8) is 0 Å². The Labute approximate surface area is 93.8 Å². The molecule has 78 valence electrons. The molecule has 15 heavy (non-hydrogen) atoms. The van der Waals surface area contributed by atoms with E-state index in [1.165, 1.54) is 5.56 Å². The highest BCUT2D eigenvalue weighted by Crippen LogP contribution is 2.21. The quantitative estimate of drug-likeness (QED) is 0.856. The number of thiazole rings is 1. The molecule has 0 aliphatic rings. The van der Waals surface area contributed by atoms with E-state index in [0.717, 1.165) is 11.4 Å².